The van der Waals surface area contributed by atoms with Crippen molar-refractivity contribution in [3.05, 3.63) is 54.4 Å². The largest absolute Gasteiger partial charge is 0.437 e. The number of nitrogens with one attached hydrogen (secondary N) is 1. The third-order valence-electron chi connectivity index (χ3n) is 4.28. The summed E-state index contributed by atoms with van der Waals surface area (Å²) in [7, 11) is -4.09. The number of halogens is 3. The molecule has 30 heavy (non-hydrogen) atoms. The molecule has 12 heteroatoms. The number of carbonyl (C=O) groups excluding carboxylic acids is 1. The van der Waals surface area contributed by atoms with E-state index in [-0.39, 0.29) is 25.9 Å². The van der Waals surface area contributed by atoms with Gasteiger partial charge in [-0.3, -0.25) is 15.1 Å². The van der Waals surface area contributed by atoms with E-state index in [2.05, 4.69) is 15.5 Å². The first-order chi connectivity index (χ1) is 14.2. The van der Waals surface area contributed by atoms with E-state index in [4.69, 9.17) is 4.84 Å². The highest BCUT2D eigenvalue weighted by atomic mass is 32.2. The molecule has 1 saturated heterocycles. The van der Waals surface area contributed by atoms with Gasteiger partial charge in [-0.1, -0.05) is 11.2 Å². The fourth-order valence-corrected chi connectivity index (χ4v) is 4.23. The van der Waals surface area contributed by atoms with Gasteiger partial charge in [0, 0.05) is 44.0 Å². The standard InChI is InChI=1S/C18H17F3N4O4S/c19-18(20,21)13-2-1-3-16(12-13)30(27,28)25-10-6-15(7-11-25)24-29-17(26)23-14-4-8-22-9-5-14/h1-5,8-9,12H,6-7,10-11H2,(H,22,23,26). The molecule has 1 N–H and O–H groups in total. The molecular weight excluding hydrogens is 425 g/mol. The van der Waals surface area contributed by atoms with E-state index in [1.54, 1.807) is 12.1 Å². The van der Waals surface area contributed by atoms with Crippen molar-refractivity contribution in [3.8, 4) is 0 Å². The number of oxime groups is 1. The van der Waals surface area contributed by atoms with Crippen molar-refractivity contribution in [1.29, 1.82) is 0 Å². The van der Waals surface area contributed by atoms with E-state index in [0.29, 0.717) is 17.5 Å². The number of hydrogen-bond acceptors (Lipinski definition) is 6. The molecule has 1 amide bonds. The number of pyridine rings is 1. The lowest BCUT2D eigenvalue weighted by Crippen LogP contribution is -2.38. The van der Waals surface area contributed by atoms with Crippen molar-refractivity contribution in [3.63, 3.8) is 0 Å². The Morgan fingerprint density at radius 3 is 2.43 bits per heavy atom. The number of aromatic nitrogens is 1. The molecule has 0 bridgehead atoms. The molecule has 8 nitrogen and oxygen atoms in total. The first-order valence-corrected chi connectivity index (χ1v) is 10.2. The number of piperidine rings is 1. The van der Waals surface area contributed by atoms with Crippen molar-refractivity contribution < 1.29 is 31.2 Å². The number of rotatable bonds is 4. The van der Waals surface area contributed by atoms with Crippen LogP contribution >= 0.6 is 0 Å². The topological polar surface area (TPSA) is 101 Å². The van der Waals surface area contributed by atoms with Crippen LogP contribution in [0.2, 0.25) is 0 Å². The Kier molecular flexibility index (Phi) is 6.37. The zero-order valence-corrected chi connectivity index (χ0v) is 16.3. The Morgan fingerprint density at radius 1 is 1.13 bits per heavy atom. The van der Waals surface area contributed by atoms with Crippen LogP contribution in [0.15, 0.2) is 58.8 Å². The van der Waals surface area contributed by atoms with Crippen molar-refractivity contribution in [1.82, 2.24) is 9.29 Å². The number of hydrogen-bond donors (Lipinski definition) is 1. The number of anilines is 1. The number of nitrogens with zero attached hydrogens (tertiary/aromatic N) is 3. The van der Waals surface area contributed by atoms with Crippen LogP contribution in [0.3, 0.4) is 0 Å². The van der Waals surface area contributed by atoms with Crippen LogP contribution in [-0.2, 0) is 21.0 Å². The van der Waals surface area contributed by atoms with Crippen LogP contribution in [0.1, 0.15) is 18.4 Å². The summed E-state index contributed by atoms with van der Waals surface area (Å²) in [5.41, 5.74) is -0.0935. The average Bonchev–Trinajstić information content (AvgIpc) is 2.73. The predicted molar refractivity (Wildman–Crippen MR) is 101 cm³/mol. The van der Waals surface area contributed by atoms with Crippen molar-refractivity contribution >= 4 is 27.5 Å². The van der Waals surface area contributed by atoms with Gasteiger partial charge in [0.05, 0.1) is 16.2 Å². The molecule has 1 aromatic heterocycles. The summed E-state index contributed by atoms with van der Waals surface area (Å²) < 4.78 is 65.0. The van der Waals surface area contributed by atoms with Gasteiger partial charge in [0.2, 0.25) is 10.0 Å². The predicted octanol–water partition coefficient (Wildman–Crippen LogP) is 3.49. The zero-order valence-electron chi connectivity index (χ0n) is 15.5. The van der Waals surface area contributed by atoms with Gasteiger partial charge in [0.15, 0.2) is 0 Å². The molecule has 160 valence electrons. The van der Waals surface area contributed by atoms with Crippen LogP contribution in [0.5, 0.6) is 0 Å². The molecular formula is C18H17F3N4O4S. The van der Waals surface area contributed by atoms with Gasteiger partial charge in [-0.05, 0) is 30.3 Å². The minimum atomic E-state index is -4.64. The summed E-state index contributed by atoms with van der Waals surface area (Å²) in [6, 6.07) is 6.74. The van der Waals surface area contributed by atoms with Gasteiger partial charge in [-0.25, -0.2) is 13.2 Å². The smallest absolute Gasteiger partial charge is 0.298 e. The molecule has 0 aliphatic carbocycles. The van der Waals surface area contributed by atoms with E-state index in [9.17, 15) is 26.4 Å². The summed E-state index contributed by atoms with van der Waals surface area (Å²) in [4.78, 5) is 19.9. The summed E-state index contributed by atoms with van der Waals surface area (Å²) in [6.45, 7) is 0.0134. The van der Waals surface area contributed by atoms with E-state index < -0.39 is 32.8 Å². The Morgan fingerprint density at radius 2 is 1.80 bits per heavy atom. The highest BCUT2D eigenvalue weighted by Crippen LogP contribution is 2.31. The van der Waals surface area contributed by atoms with Crippen molar-refractivity contribution in [2.75, 3.05) is 18.4 Å². The molecule has 0 unspecified atom stereocenters. The monoisotopic (exact) mass is 442 g/mol. The molecule has 1 aliphatic heterocycles. The van der Waals surface area contributed by atoms with Crippen LogP contribution in [0, 0.1) is 0 Å². The molecule has 2 heterocycles. The van der Waals surface area contributed by atoms with Crippen molar-refractivity contribution in [2.24, 2.45) is 5.16 Å². The Bertz CT molecular complexity index is 1030. The summed E-state index contributed by atoms with van der Waals surface area (Å²) in [6.07, 6.45) is -2.11. The third kappa shape index (κ3) is 5.33. The van der Waals surface area contributed by atoms with Crippen LogP contribution in [0.4, 0.5) is 23.7 Å². The first-order valence-electron chi connectivity index (χ1n) is 8.77. The first kappa shape index (κ1) is 21.7. The van der Waals surface area contributed by atoms with Gasteiger partial charge in [-0.2, -0.15) is 17.5 Å². The van der Waals surface area contributed by atoms with Crippen LogP contribution in [-0.4, -0.2) is 42.6 Å². The molecule has 3 rings (SSSR count). The number of amides is 1. The van der Waals surface area contributed by atoms with Gasteiger partial charge >= 0.3 is 12.3 Å². The second-order valence-electron chi connectivity index (χ2n) is 6.33. The number of carbonyl (C=O) groups is 1. The molecule has 0 radical (unpaired) electrons. The van der Waals surface area contributed by atoms with Crippen molar-refractivity contribution in [2.45, 2.75) is 23.9 Å². The maximum absolute atomic E-state index is 12.9. The minimum absolute atomic E-state index is 0.00669. The number of benzene rings is 1. The lowest BCUT2D eigenvalue weighted by atomic mass is 10.1. The molecule has 1 aliphatic rings. The molecule has 0 saturated carbocycles. The summed E-state index contributed by atoms with van der Waals surface area (Å²) in [5.74, 6) is 0. The van der Waals surface area contributed by atoms with Crippen LogP contribution < -0.4 is 5.32 Å². The number of alkyl halides is 3. The molecule has 2 aromatic rings. The van der Waals surface area contributed by atoms with Gasteiger partial charge in [0.1, 0.15) is 0 Å². The fraction of sp³-hybridized carbons (Fsp3) is 0.278. The van der Waals surface area contributed by atoms with E-state index in [1.165, 1.54) is 12.4 Å². The average molecular weight is 442 g/mol. The third-order valence-corrected chi connectivity index (χ3v) is 6.18. The molecule has 1 fully saturated rings. The Labute approximate surface area is 170 Å². The van der Waals surface area contributed by atoms with Gasteiger partial charge < -0.3 is 0 Å². The summed E-state index contributed by atoms with van der Waals surface area (Å²) in [5, 5.41) is 6.18. The zero-order chi connectivity index (χ0) is 21.8. The van der Waals surface area contributed by atoms with Crippen LogP contribution in [0.25, 0.3) is 0 Å². The number of sulfonamides is 1. The minimum Gasteiger partial charge on any atom is -0.298 e. The van der Waals surface area contributed by atoms with Gasteiger partial charge in [-0.15, -0.1) is 0 Å². The second-order valence-corrected chi connectivity index (χ2v) is 8.26. The molecule has 0 spiro atoms. The quantitative estimate of drug-likeness (QED) is 0.577. The maximum atomic E-state index is 12.9. The highest BCUT2D eigenvalue weighted by molar-refractivity contribution is 7.89. The fourth-order valence-electron chi connectivity index (χ4n) is 2.74. The SMILES string of the molecule is O=C(Nc1ccncc1)ON=C1CCN(S(=O)(=O)c2cccc(C(F)(F)F)c2)CC1. The lowest BCUT2D eigenvalue weighted by Gasteiger charge is -2.26. The Balaban J connectivity index is 1.59. The second kappa shape index (κ2) is 8.79. The summed E-state index contributed by atoms with van der Waals surface area (Å²) >= 11 is 0. The molecule has 0 atom stereocenters. The molecule has 1 aromatic carbocycles. The van der Waals surface area contributed by atoms with Gasteiger partial charge in [0.25, 0.3) is 0 Å². The van der Waals surface area contributed by atoms with E-state index in [0.717, 1.165) is 22.5 Å². The van der Waals surface area contributed by atoms with E-state index >= 15 is 0 Å². The van der Waals surface area contributed by atoms with E-state index in [1.807, 2.05) is 0 Å². The lowest BCUT2D eigenvalue weighted by molar-refractivity contribution is -0.137. The Hall–Kier alpha value is -2.99. The normalized spacial score (nSPS) is 15.5. The highest BCUT2D eigenvalue weighted by Gasteiger charge is 2.33. The maximum Gasteiger partial charge on any atom is 0.437 e.